The number of amides is 1. The summed E-state index contributed by atoms with van der Waals surface area (Å²) in [6.45, 7) is 3.08. The summed E-state index contributed by atoms with van der Waals surface area (Å²) in [6.07, 6.45) is 1.04. The molecular weight excluding hydrogens is 232 g/mol. The first-order valence-corrected chi connectivity index (χ1v) is 5.40. The summed E-state index contributed by atoms with van der Waals surface area (Å²) in [5.41, 5.74) is 1.32. The van der Waals surface area contributed by atoms with Gasteiger partial charge in [-0.25, -0.2) is 4.79 Å². The number of hydrogen-bond donors (Lipinski definition) is 1. The first-order valence-electron chi connectivity index (χ1n) is 5.40. The van der Waals surface area contributed by atoms with Gasteiger partial charge in [0, 0.05) is 25.9 Å². The van der Waals surface area contributed by atoms with E-state index in [2.05, 4.69) is 16.6 Å². The molecule has 1 aromatic carbocycles. The summed E-state index contributed by atoms with van der Waals surface area (Å²) < 4.78 is 4.68. The number of nitrogens with zero attached hydrogens (tertiary/aromatic N) is 1. The third-order valence-corrected chi connectivity index (χ3v) is 2.24. The number of esters is 1. The highest BCUT2D eigenvalue weighted by Crippen LogP contribution is 2.17. The number of ether oxygens (including phenoxy) is 1. The molecule has 0 fully saturated rings. The van der Waals surface area contributed by atoms with E-state index in [0.717, 1.165) is 11.8 Å². The Morgan fingerprint density at radius 1 is 1.39 bits per heavy atom. The van der Waals surface area contributed by atoms with E-state index >= 15 is 0 Å². The third-order valence-electron chi connectivity index (χ3n) is 2.24. The lowest BCUT2D eigenvalue weighted by molar-refractivity contribution is -0.138. The highest BCUT2D eigenvalue weighted by atomic mass is 16.5. The number of carbonyl (C=O) groups excluding carboxylic acids is 2. The van der Waals surface area contributed by atoms with Crippen molar-refractivity contribution in [3.05, 3.63) is 42.5 Å². The molecule has 1 N–H and O–H groups in total. The highest BCUT2D eigenvalue weighted by Gasteiger charge is 2.11. The number of rotatable bonds is 5. The molecule has 0 heterocycles. The lowest BCUT2D eigenvalue weighted by Crippen LogP contribution is -2.28. The zero-order valence-corrected chi connectivity index (χ0v) is 10.5. The number of anilines is 1. The smallest absolute Gasteiger partial charge is 0.331 e. The first-order chi connectivity index (χ1) is 8.56. The summed E-state index contributed by atoms with van der Waals surface area (Å²) in [4.78, 5) is 24.5. The Labute approximate surface area is 106 Å². The number of para-hydroxylation sites is 1. The second-order valence-electron chi connectivity index (χ2n) is 3.73. The van der Waals surface area contributed by atoms with Crippen LogP contribution in [0.5, 0.6) is 0 Å². The topological polar surface area (TPSA) is 58.6 Å². The fraction of sp³-hybridized carbons (Fsp3) is 0.231. The van der Waals surface area contributed by atoms with Gasteiger partial charge < -0.3 is 15.0 Å². The van der Waals surface area contributed by atoms with Crippen molar-refractivity contribution in [3.8, 4) is 0 Å². The Balaban J connectivity index is 2.67. The van der Waals surface area contributed by atoms with E-state index in [4.69, 9.17) is 0 Å². The minimum atomic E-state index is -0.573. The highest BCUT2D eigenvalue weighted by molar-refractivity contribution is 5.99. The molecule has 0 saturated carbocycles. The molecule has 0 unspecified atom stereocenters. The monoisotopic (exact) mass is 248 g/mol. The number of carbonyl (C=O) groups is 2. The van der Waals surface area contributed by atoms with Gasteiger partial charge in [0.15, 0.2) is 6.73 Å². The molecule has 18 heavy (non-hydrogen) atoms. The van der Waals surface area contributed by atoms with Crippen LogP contribution in [0.1, 0.15) is 10.4 Å². The van der Waals surface area contributed by atoms with Crippen LogP contribution in [0.15, 0.2) is 36.9 Å². The second kappa shape index (κ2) is 6.44. The normalized spacial score (nSPS) is 9.44. The third kappa shape index (κ3) is 3.62. The van der Waals surface area contributed by atoms with Crippen molar-refractivity contribution in [1.29, 1.82) is 0 Å². The SMILES string of the molecule is C=CC(=O)OCNC(=O)c1ccccc1N(C)C. The van der Waals surface area contributed by atoms with Crippen LogP contribution in [-0.2, 0) is 9.53 Å². The molecule has 1 aromatic rings. The van der Waals surface area contributed by atoms with Crippen molar-refractivity contribution >= 4 is 17.6 Å². The molecule has 0 aromatic heterocycles. The van der Waals surface area contributed by atoms with Gasteiger partial charge in [-0.15, -0.1) is 0 Å². The van der Waals surface area contributed by atoms with E-state index in [0.29, 0.717) is 5.56 Å². The summed E-state index contributed by atoms with van der Waals surface area (Å²) in [7, 11) is 3.70. The quantitative estimate of drug-likeness (QED) is 0.483. The van der Waals surface area contributed by atoms with Gasteiger partial charge in [0.2, 0.25) is 0 Å². The molecule has 0 atom stereocenters. The number of nitrogens with one attached hydrogen (secondary N) is 1. The Morgan fingerprint density at radius 2 is 2.06 bits per heavy atom. The number of hydrogen-bond acceptors (Lipinski definition) is 4. The molecule has 96 valence electrons. The molecule has 5 heteroatoms. The van der Waals surface area contributed by atoms with Crippen LogP contribution < -0.4 is 10.2 Å². The van der Waals surface area contributed by atoms with E-state index in [1.807, 2.05) is 31.1 Å². The second-order valence-corrected chi connectivity index (χ2v) is 3.73. The molecule has 5 nitrogen and oxygen atoms in total. The van der Waals surface area contributed by atoms with Gasteiger partial charge in [-0.2, -0.15) is 0 Å². The summed E-state index contributed by atoms with van der Waals surface area (Å²) in [6, 6.07) is 7.17. The summed E-state index contributed by atoms with van der Waals surface area (Å²) in [5, 5.41) is 2.50. The fourth-order valence-electron chi connectivity index (χ4n) is 1.38. The Kier molecular flexibility index (Phi) is 4.92. The van der Waals surface area contributed by atoms with Crippen LogP contribution in [0.4, 0.5) is 5.69 Å². The van der Waals surface area contributed by atoms with Crippen LogP contribution in [0.3, 0.4) is 0 Å². The molecule has 0 bridgehead atoms. The molecule has 0 aliphatic carbocycles. The maximum absolute atomic E-state index is 11.9. The van der Waals surface area contributed by atoms with Gasteiger partial charge in [0.25, 0.3) is 5.91 Å². The van der Waals surface area contributed by atoms with Gasteiger partial charge in [-0.3, -0.25) is 4.79 Å². The van der Waals surface area contributed by atoms with Gasteiger partial charge in [0.05, 0.1) is 5.56 Å². The van der Waals surface area contributed by atoms with Gasteiger partial charge in [-0.1, -0.05) is 18.7 Å². The minimum absolute atomic E-state index is 0.175. The molecule has 0 radical (unpaired) electrons. The molecule has 0 spiro atoms. The molecule has 1 amide bonds. The van der Waals surface area contributed by atoms with E-state index in [1.54, 1.807) is 12.1 Å². The molecule has 0 saturated heterocycles. The summed E-state index contributed by atoms with van der Waals surface area (Å²) >= 11 is 0. The molecule has 0 aliphatic heterocycles. The van der Waals surface area contributed by atoms with Gasteiger partial charge in [-0.05, 0) is 12.1 Å². The van der Waals surface area contributed by atoms with Crippen LogP contribution >= 0.6 is 0 Å². The van der Waals surface area contributed by atoms with Gasteiger partial charge in [0.1, 0.15) is 0 Å². The lowest BCUT2D eigenvalue weighted by Gasteiger charge is -2.16. The van der Waals surface area contributed by atoms with Crippen LogP contribution in [0, 0.1) is 0 Å². The van der Waals surface area contributed by atoms with Crippen molar-refractivity contribution in [2.75, 3.05) is 25.7 Å². The number of benzene rings is 1. The van der Waals surface area contributed by atoms with Crippen molar-refractivity contribution in [2.24, 2.45) is 0 Å². The van der Waals surface area contributed by atoms with Crippen LogP contribution in [0.2, 0.25) is 0 Å². The standard InChI is InChI=1S/C13H16N2O3/c1-4-12(16)18-9-14-13(17)10-7-5-6-8-11(10)15(2)3/h4-8H,1,9H2,2-3H3,(H,14,17). The van der Waals surface area contributed by atoms with Crippen molar-refractivity contribution < 1.29 is 14.3 Å². The zero-order chi connectivity index (χ0) is 13.5. The molecule has 1 rings (SSSR count). The average molecular weight is 248 g/mol. The Bertz CT molecular complexity index is 455. The van der Waals surface area contributed by atoms with Crippen LogP contribution in [0.25, 0.3) is 0 Å². The van der Waals surface area contributed by atoms with Gasteiger partial charge >= 0.3 is 5.97 Å². The predicted octanol–water partition coefficient (Wildman–Crippen LogP) is 1.17. The van der Waals surface area contributed by atoms with Crippen molar-refractivity contribution in [3.63, 3.8) is 0 Å². The van der Waals surface area contributed by atoms with E-state index in [-0.39, 0.29) is 12.6 Å². The Hall–Kier alpha value is -2.30. The largest absolute Gasteiger partial charge is 0.441 e. The first kappa shape index (κ1) is 13.8. The fourth-order valence-corrected chi connectivity index (χ4v) is 1.38. The summed E-state index contributed by atoms with van der Waals surface area (Å²) in [5.74, 6) is -0.868. The lowest BCUT2D eigenvalue weighted by atomic mass is 10.1. The van der Waals surface area contributed by atoms with Crippen molar-refractivity contribution in [1.82, 2.24) is 5.32 Å². The maximum atomic E-state index is 11.9. The minimum Gasteiger partial charge on any atom is -0.441 e. The van der Waals surface area contributed by atoms with Crippen LogP contribution in [-0.4, -0.2) is 32.7 Å². The van der Waals surface area contributed by atoms with E-state index in [1.165, 1.54) is 0 Å². The predicted molar refractivity (Wildman–Crippen MR) is 69.4 cm³/mol. The average Bonchev–Trinajstić information content (AvgIpc) is 2.38. The van der Waals surface area contributed by atoms with E-state index in [9.17, 15) is 9.59 Å². The molecular formula is C13H16N2O3. The van der Waals surface area contributed by atoms with Crippen molar-refractivity contribution in [2.45, 2.75) is 0 Å². The maximum Gasteiger partial charge on any atom is 0.331 e. The zero-order valence-electron chi connectivity index (χ0n) is 10.5. The molecule has 0 aliphatic rings. The van der Waals surface area contributed by atoms with E-state index < -0.39 is 5.97 Å². The Morgan fingerprint density at radius 3 is 2.67 bits per heavy atom.